The van der Waals surface area contributed by atoms with E-state index in [2.05, 4.69) is 21.9 Å². The van der Waals surface area contributed by atoms with Gasteiger partial charge in [0.2, 0.25) is 10.0 Å². The number of anilines is 2. The molecule has 0 radical (unpaired) electrons. The van der Waals surface area contributed by atoms with Crippen LogP contribution in [0, 0.1) is 10.1 Å². The number of piperazine rings is 2. The van der Waals surface area contributed by atoms with E-state index in [9.17, 15) is 18.5 Å². The predicted molar refractivity (Wildman–Crippen MR) is 120 cm³/mol. The number of nitrogens with zero attached hydrogens (tertiary/aromatic N) is 5. The molecule has 2 aromatic carbocycles. The molecule has 0 spiro atoms. The first-order chi connectivity index (χ1) is 14.9. The van der Waals surface area contributed by atoms with E-state index in [1.807, 2.05) is 30.1 Å². The molecular formula is C21H27N5O4S. The first kappa shape index (κ1) is 21.5. The Morgan fingerprint density at radius 1 is 0.839 bits per heavy atom. The summed E-state index contributed by atoms with van der Waals surface area (Å²) in [7, 11) is -1.81. The fourth-order valence-corrected chi connectivity index (χ4v) is 5.54. The van der Waals surface area contributed by atoms with Crippen LogP contribution in [0.25, 0.3) is 0 Å². The van der Waals surface area contributed by atoms with Crippen LogP contribution in [0.1, 0.15) is 0 Å². The Hall–Kier alpha value is -2.69. The number of hydrogen-bond donors (Lipinski definition) is 0. The van der Waals surface area contributed by atoms with Crippen molar-refractivity contribution in [1.29, 1.82) is 0 Å². The Bertz CT molecular complexity index is 1030. The largest absolute Gasteiger partial charge is 0.368 e. The average molecular weight is 446 g/mol. The molecule has 0 saturated carbocycles. The Morgan fingerprint density at radius 2 is 1.45 bits per heavy atom. The second-order valence-corrected chi connectivity index (χ2v) is 9.86. The molecule has 31 heavy (non-hydrogen) atoms. The number of rotatable bonds is 5. The lowest BCUT2D eigenvalue weighted by Gasteiger charge is -2.37. The molecule has 2 aliphatic heterocycles. The number of sulfonamides is 1. The Kier molecular flexibility index (Phi) is 6.12. The zero-order chi connectivity index (χ0) is 22.0. The molecular weight excluding hydrogens is 418 g/mol. The number of para-hydroxylation sites is 1. The van der Waals surface area contributed by atoms with E-state index in [0.29, 0.717) is 45.0 Å². The quantitative estimate of drug-likeness (QED) is 0.513. The van der Waals surface area contributed by atoms with Crippen molar-refractivity contribution >= 4 is 27.1 Å². The summed E-state index contributed by atoms with van der Waals surface area (Å²) in [6.07, 6.45) is 0. The topological polar surface area (TPSA) is 90.2 Å². The highest BCUT2D eigenvalue weighted by molar-refractivity contribution is 7.89. The van der Waals surface area contributed by atoms with Crippen LogP contribution in [-0.2, 0) is 10.0 Å². The highest BCUT2D eigenvalue weighted by atomic mass is 32.2. The second-order valence-electron chi connectivity index (χ2n) is 7.92. The van der Waals surface area contributed by atoms with E-state index >= 15 is 0 Å². The molecule has 0 aromatic heterocycles. The van der Waals surface area contributed by atoms with Crippen LogP contribution in [0.3, 0.4) is 0 Å². The van der Waals surface area contributed by atoms with Crippen LogP contribution < -0.4 is 9.80 Å². The zero-order valence-electron chi connectivity index (χ0n) is 17.6. The first-order valence-corrected chi connectivity index (χ1v) is 11.8. The van der Waals surface area contributed by atoms with Crippen molar-refractivity contribution in [2.75, 3.05) is 69.2 Å². The van der Waals surface area contributed by atoms with Crippen LogP contribution >= 0.6 is 0 Å². The summed E-state index contributed by atoms with van der Waals surface area (Å²) in [5.74, 6) is 0. The van der Waals surface area contributed by atoms with Gasteiger partial charge in [-0.25, -0.2) is 8.42 Å². The van der Waals surface area contributed by atoms with Crippen LogP contribution in [0.15, 0.2) is 53.4 Å². The third kappa shape index (κ3) is 4.51. The molecule has 0 atom stereocenters. The Labute approximate surface area is 182 Å². The molecule has 4 rings (SSSR count). The highest BCUT2D eigenvalue weighted by Gasteiger charge is 2.31. The number of benzene rings is 2. The average Bonchev–Trinajstić information content (AvgIpc) is 2.79. The monoisotopic (exact) mass is 445 g/mol. The van der Waals surface area contributed by atoms with Crippen molar-refractivity contribution in [3.8, 4) is 0 Å². The molecule has 2 saturated heterocycles. The molecule has 10 heteroatoms. The van der Waals surface area contributed by atoms with Crippen molar-refractivity contribution in [2.45, 2.75) is 4.90 Å². The van der Waals surface area contributed by atoms with Gasteiger partial charge in [0, 0.05) is 64.1 Å². The van der Waals surface area contributed by atoms with E-state index in [-0.39, 0.29) is 10.6 Å². The van der Waals surface area contributed by atoms with Gasteiger partial charge in [-0.1, -0.05) is 18.2 Å². The Balaban J connectivity index is 1.54. The summed E-state index contributed by atoms with van der Waals surface area (Å²) in [6, 6.07) is 14.4. The maximum absolute atomic E-state index is 13.0. The minimum Gasteiger partial charge on any atom is -0.368 e. The van der Waals surface area contributed by atoms with Crippen molar-refractivity contribution < 1.29 is 13.3 Å². The van der Waals surface area contributed by atoms with Gasteiger partial charge in [0.25, 0.3) is 5.69 Å². The Morgan fingerprint density at radius 3 is 2.06 bits per heavy atom. The first-order valence-electron chi connectivity index (χ1n) is 10.4. The van der Waals surface area contributed by atoms with Crippen LogP contribution in [0.2, 0.25) is 0 Å². The second kappa shape index (κ2) is 8.81. The summed E-state index contributed by atoms with van der Waals surface area (Å²) in [4.78, 5) is 17.6. The van der Waals surface area contributed by atoms with E-state index in [1.54, 1.807) is 6.07 Å². The molecule has 2 aliphatic rings. The van der Waals surface area contributed by atoms with Gasteiger partial charge in [-0.15, -0.1) is 0 Å². The fourth-order valence-electron chi connectivity index (χ4n) is 4.10. The van der Waals surface area contributed by atoms with Crippen molar-refractivity contribution in [2.24, 2.45) is 0 Å². The molecule has 9 nitrogen and oxygen atoms in total. The molecule has 0 unspecified atom stereocenters. The maximum atomic E-state index is 13.0. The minimum absolute atomic E-state index is 0.0181. The van der Waals surface area contributed by atoms with Crippen molar-refractivity contribution in [1.82, 2.24) is 9.21 Å². The van der Waals surface area contributed by atoms with Crippen molar-refractivity contribution in [3.63, 3.8) is 0 Å². The highest BCUT2D eigenvalue weighted by Crippen LogP contribution is 2.33. The SMILES string of the molecule is CN1CCN(S(=O)(=O)c2ccc(N3CCN(c4ccccc4)CC3)c([N+](=O)[O-])c2)CC1. The number of likely N-dealkylation sites (N-methyl/N-ethyl adjacent to an activating group) is 1. The standard InChI is InChI=1S/C21H27N5O4S/c1-22-9-15-25(16-10-22)31(29,30)19-7-8-20(21(17-19)26(27)28)24-13-11-23(12-14-24)18-5-3-2-4-6-18/h2-8,17H,9-16H2,1H3. The molecule has 0 amide bonds. The molecule has 2 heterocycles. The van der Waals surface area contributed by atoms with Gasteiger partial charge in [-0.05, 0) is 31.3 Å². The molecule has 0 bridgehead atoms. The minimum atomic E-state index is -3.76. The lowest BCUT2D eigenvalue weighted by Crippen LogP contribution is -2.47. The normalized spacial score (nSPS) is 18.9. The van der Waals surface area contributed by atoms with Gasteiger partial charge in [0.15, 0.2) is 0 Å². The molecule has 2 fully saturated rings. The third-order valence-electron chi connectivity index (χ3n) is 5.99. The van der Waals surface area contributed by atoms with E-state index < -0.39 is 14.9 Å². The molecule has 2 aromatic rings. The van der Waals surface area contributed by atoms with E-state index in [1.165, 1.54) is 16.4 Å². The van der Waals surface area contributed by atoms with Gasteiger partial charge in [-0.2, -0.15) is 4.31 Å². The smallest absolute Gasteiger partial charge is 0.293 e. The van der Waals surface area contributed by atoms with Gasteiger partial charge in [0.05, 0.1) is 9.82 Å². The van der Waals surface area contributed by atoms with Gasteiger partial charge in [-0.3, -0.25) is 10.1 Å². The predicted octanol–water partition coefficient (Wildman–Crippen LogP) is 1.86. The van der Waals surface area contributed by atoms with E-state index in [0.717, 1.165) is 18.8 Å². The van der Waals surface area contributed by atoms with Crippen LogP contribution in [-0.4, -0.2) is 82.0 Å². The number of nitro groups is 1. The molecule has 0 N–H and O–H groups in total. The van der Waals surface area contributed by atoms with Gasteiger partial charge >= 0.3 is 0 Å². The lowest BCUT2D eigenvalue weighted by atomic mass is 10.2. The summed E-state index contributed by atoms with van der Waals surface area (Å²) in [5.41, 5.74) is 1.43. The lowest BCUT2D eigenvalue weighted by molar-refractivity contribution is -0.384. The summed E-state index contributed by atoms with van der Waals surface area (Å²) in [6.45, 7) is 4.79. The fraction of sp³-hybridized carbons (Fsp3) is 0.429. The van der Waals surface area contributed by atoms with Crippen molar-refractivity contribution in [3.05, 3.63) is 58.6 Å². The van der Waals surface area contributed by atoms with Crippen LogP contribution in [0.5, 0.6) is 0 Å². The molecule has 0 aliphatic carbocycles. The van der Waals surface area contributed by atoms with E-state index in [4.69, 9.17) is 0 Å². The van der Waals surface area contributed by atoms with Crippen LogP contribution in [0.4, 0.5) is 17.1 Å². The van der Waals surface area contributed by atoms with Gasteiger partial charge in [0.1, 0.15) is 5.69 Å². The molecule has 166 valence electrons. The maximum Gasteiger partial charge on any atom is 0.293 e. The number of hydrogen-bond acceptors (Lipinski definition) is 7. The summed E-state index contributed by atoms with van der Waals surface area (Å²) >= 11 is 0. The third-order valence-corrected chi connectivity index (χ3v) is 7.88. The zero-order valence-corrected chi connectivity index (χ0v) is 18.4. The summed E-state index contributed by atoms with van der Waals surface area (Å²) < 4.78 is 27.4. The summed E-state index contributed by atoms with van der Waals surface area (Å²) in [5, 5.41) is 11.8. The van der Waals surface area contributed by atoms with Gasteiger partial charge < -0.3 is 14.7 Å². The number of nitro benzene ring substituents is 1.